The van der Waals surface area contributed by atoms with Crippen LogP contribution < -0.4 is 9.64 Å². The van der Waals surface area contributed by atoms with Crippen LogP contribution >= 0.6 is 0 Å². The summed E-state index contributed by atoms with van der Waals surface area (Å²) in [6.07, 6.45) is -0.520. The number of piperazine rings is 1. The first-order chi connectivity index (χ1) is 12.4. The molecule has 1 aliphatic rings. The second-order valence-electron chi connectivity index (χ2n) is 6.87. The molecule has 1 heterocycles. The molecule has 26 heavy (non-hydrogen) atoms. The third-order valence-corrected chi connectivity index (χ3v) is 4.64. The largest absolute Gasteiger partial charge is 0.481 e. The van der Waals surface area contributed by atoms with Crippen molar-refractivity contribution in [1.82, 2.24) is 4.90 Å². The molecule has 2 aromatic rings. The maximum atomic E-state index is 13.1. The number of carbonyl (C=O) groups is 1. The second kappa shape index (κ2) is 7.77. The van der Waals surface area contributed by atoms with E-state index in [4.69, 9.17) is 4.74 Å². The molecular formula is C21H25FN2O2. The zero-order valence-corrected chi connectivity index (χ0v) is 15.5. The van der Waals surface area contributed by atoms with Gasteiger partial charge < -0.3 is 14.5 Å². The summed E-state index contributed by atoms with van der Waals surface area (Å²) in [7, 11) is 0. The van der Waals surface area contributed by atoms with Crippen molar-refractivity contribution in [2.45, 2.75) is 26.9 Å². The van der Waals surface area contributed by atoms with Crippen LogP contribution in [0.4, 0.5) is 10.1 Å². The molecule has 1 amide bonds. The summed E-state index contributed by atoms with van der Waals surface area (Å²) in [4.78, 5) is 16.7. The van der Waals surface area contributed by atoms with Crippen LogP contribution in [0.5, 0.6) is 5.75 Å². The SMILES string of the molecule is Cc1cc(C)cc(O[C@@H](C)C(=O)N2CCN(c3ccc(F)cc3)CC2)c1. The number of aryl methyl sites for hydroxylation is 2. The highest BCUT2D eigenvalue weighted by atomic mass is 19.1. The average Bonchev–Trinajstić information content (AvgIpc) is 2.61. The van der Waals surface area contributed by atoms with Gasteiger partial charge in [-0.3, -0.25) is 4.79 Å². The van der Waals surface area contributed by atoms with E-state index in [2.05, 4.69) is 11.0 Å². The van der Waals surface area contributed by atoms with Gasteiger partial charge in [0.15, 0.2) is 6.10 Å². The van der Waals surface area contributed by atoms with Crippen LogP contribution in [0.1, 0.15) is 18.1 Å². The topological polar surface area (TPSA) is 32.8 Å². The Hall–Kier alpha value is -2.56. The Morgan fingerprint density at radius 3 is 2.15 bits per heavy atom. The fraction of sp³-hybridized carbons (Fsp3) is 0.381. The predicted octanol–water partition coefficient (Wildman–Crippen LogP) is 3.56. The average molecular weight is 356 g/mol. The molecule has 0 saturated carbocycles. The summed E-state index contributed by atoms with van der Waals surface area (Å²) in [5, 5.41) is 0. The zero-order valence-electron chi connectivity index (χ0n) is 15.5. The molecule has 0 aromatic heterocycles. The van der Waals surface area contributed by atoms with E-state index in [1.54, 1.807) is 19.1 Å². The highest BCUT2D eigenvalue weighted by molar-refractivity contribution is 5.81. The third kappa shape index (κ3) is 4.34. The quantitative estimate of drug-likeness (QED) is 0.840. The van der Waals surface area contributed by atoms with E-state index in [0.29, 0.717) is 13.1 Å². The molecule has 0 aliphatic carbocycles. The van der Waals surface area contributed by atoms with Crippen LogP contribution in [-0.2, 0) is 4.79 Å². The van der Waals surface area contributed by atoms with Gasteiger partial charge in [-0.05, 0) is 68.3 Å². The Bertz CT molecular complexity index is 748. The minimum absolute atomic E-state index is 0.00270. The van der Waals surface area contributed by atoms with E-state index < -0.39 is 6.10 Å². The Morgan fingerprint density at radius 1 is 1.00 bits per heavy atom. The Kier molecular flexibility index (Phi) is 5.45. The molecule has 1 fully saturated rings. The van der Waals surface area contributed by atoms with Crippen molar-refractivity contribution in [1.29, 1.82) is 0 Å². The van der Waals surface area contributed by atoms with Crippen molar-refractivity contribution < 1.29 is 13.9 Å². The number of benzene rings is 2. The molecule has 0 N–H and O–H groups in total. The molecule has 0 radical (unpaired) electrons. The molecule has 0 spiro atoms. The van der Waals surface area contributed by atoms with Crippen LogP contribution in [0.3, 0.4) is 0 Å². The molecule has 0 unspecified atom stereocenters. The minimum atomic E-state index is -0.520. The van der Waals surface area contributed by atoms with Crippen LogP contribution in [0.15, 0.2) is 42.5 Å². The number of carbonyl (C=O) groups excluding carboxylic acids is 1. The van der Waals surface area contributed by atoms with Crippen molar-refractivity contribution in [2.75, 3.05) is 31.1 Å². The number of hydrogen-bond donors (Lipinski definition) is 0. The van der Waals surface area contributed by atoms with Gasteiger partial charge in [0.1, 0.15) is 11.6 Å². The van der Waals surface area contributed by atoms with Gasteiger partial charge >= 0.3 is 0 Å². The van der Waals surface area contributed by atoms with Crippen molar-refractivity contribution in [3.05, 3.63) is 59.4 Å². The number of rotatable bonds is 4. The predicted molar refractivity (Wildman–Crippen MR) is 101 cm³/mol. The summed E-state index contributed by atoms with van der Waals surface area (Å²) in [5.41, 5.74) is 3.22. The van der Waals surface area contributed by atoms with Crippen molar-refractivity contribution in [2.24, 2.45) is 0 Å². The summed E-state index contributed by atoms with van der Waals surface area (Å²) < 4.78 is 18.9. The first-order valence-corrected chi connectivity index (χ1v) is 8.96. The number of amides is 1. The van der Waals surface area contributed by atoms with E-state index >= 15 is 0 Å². The van der Waals surface area contributed by atoms with Crippen LogP contribution in [-0.4, -0.2) is 43.1 Å². The summed E-state index contributed by atoms with van der Waals surface area (Å²) in [6, 6.07) is 12.5. The lowest BCUT2D eigenvalue weighted by Crippen LogP contribution is -2.52. The smallest absolute Gasteiger partial charge is 0.263 e. The molecule has 1 atom stereocenters. The minimum Gasteiger partial charge on any atom is -0.481 e. The molecule has 0 bridgehead atoms. The first-order valence-electron chi connectivity index (χ1n) is 8.96. The number of ether oxygens (including phenoxy) is 1. The van der Waals surface area contributed by atoms with E-state index in [9.17, 15) is 9.18 Å². The molecule has 3 rings (SSSR count). The fourth-order valence-electron chi connectivity index (χ4n) is 3.35. The fourth-order valence-corrected chi connectivity index (χ4v) is 3.35. The normalized spacial score (nSPS) is 15.7. The molecule has 5 heteroatoms. The number of halogens is 1. The van der Waals surface area contributed by atoms with Gasteiger partial charge in [-0.15, -0.1) is 0 Å². The van der Waals surface area contributed by atoms with E-state index in [1.165, 1.54) is 12.1 Å². The van der Waals surface area contributed by atoms with Crippen molar-refractivity contribution in [3.63, 3.8) is 0 Å². The highest BCUT2D eigenvalue weighted by Gasteiger charge is 2.26. The molecule has 138 valence electrons. The van der Waals surface area contributed by atoms with E-state index in [1.807, 2.05) is 30.9 Å². The van der Waals surface area contributed by atoms with Gasteiger partial charge in [0.25, 0.3) is 5.91 Å². The zero-order chi connectivity index (χ0) is 18.7. The highest BCUT2D eigenvalue weighted by Crippen LogP contribution is 2.20. The summed E-state index contributed by atoms with van der Waals surface area (Å²) in [6.45, 7) is 8.56. The second-order valence-corrected chi connectivity index (χ2v) is 6.87. The van der Waals surface area contributed by atoms with Crippen LogP contribution in [0, 0.1) is 19.7 Å². The Labute approximate surface area is 154 Å². The van der Waals surface area contributed by atoms with Gasteiger partial charge in [-0.1, -0.05) is 6.07 Å². The maximum absolute atomic E-state index is 13.1. The van der Waals surface area contributed by atoms with Gasteiger partial charge in [-0.25, -0.2) is 4.39 Å². The van der Waals surface area contributed by atoms with Crippen LogP contribution in [0.2, 0.25) is 0 Å². The number of hydrogen-bond acceptors (Lipinski definition) is 3. The van der Waals surface area contributed by atoms with Gasteiger partial charge in [0.2, 0.25) is 0 Å². The molecule has 1 saturated heterocycles. The lowest BCUT2D eigenvalue weighted by atomic mass is 10.1. The lowest BCUT2D eigenvalue weighted by molar-refractivity contribution is -0.138. The first kappa shape index (κ1) is 18.2. The molecular weight excluding hydrogens is 331 g/mol. The number of anilines is 1. The summed E-state index contributed by atoms with van der Waals surface area (Å²) in [5.74, 6) is 0.496. The molecule has 2 aromatic carbocycles. The maximum Gasteiger partial charge on any atom is 0.263 e. The van der Waals surface area contributed by atoms with Gasteiger partial charge in [-0.2, -0.15) is 0 Å². The van der Waals surface area contributed by atoms with E-state index in [-0.39, 0.29) is 11.7 Å². The van der Waals surface area contributed by atoms with Crippen molar-refractivity contribution in [3.8, 4) is 5.75 Å². The monoisotopic (exact) mass is 356 g/mol. The summed E-state index contributed by atoms with van der Waals surface area (Å²) >= 11 is 0. The van der Waals surface area contributed by atoms with Crippen molar-refractivity contribution >= 4 is 11.6 Å². The number of nitrogens with zero attached hydrogens (tertiary/aromatic N) is 2. The Morgan fingerprint density at radius 2 is 1.58 bits per heavy atom. The molecule has 4 nitrogen and oxygen atoms in total. The van der Waals surface area contributed by atoms with Gasteiger partial charge in [0.05, 0.1) is 0 Å². The Balaban J connectivity index is 1.56. The standard InChI is InChI=1S/C21H25FN2O2/c1-15-12-16(2)14-20(13-15)26-17(3)21(25)24-10-8-23(9-11-24)19-6-4-18(22)5-7-19/h4-7,12-14,17H,8-11H2,1-3H3/t17-/m0/s1. The third-order valence-electron chi connectivity index (χ3n) is 4.64. The lowest BCUT2D eigenvalue weighted by Gasteiger charge is -2.37. The van der Waals surface area contributed by atoms with E-state index in [0.717, 1.165) is 35.7 Å². The molecule has 1 aliphatic heterocycles. The van der Waals surface area contributed by atoms with Crippen LogP contribution in [0.25, 0.3) is 0 Å². The van der Waals surface area contributed by atoms with Gasteiger partial charge in [0, 0.05) is 31.9 Å².